The number of carbonyl (C=O) groups excluding carboxylic acids is 2. The van der Waals surface area contributed by atoms with Crippen LogP contribution in [-0.2, 0) is 17.6 Å². The van der Waals surface area contributed by atoms with Gasteiger partial charge in [0, 0.05) is 20.8 Å². The molecule has 0 saturated heterocycles. The topological polar surface area (TPSA) is 68.3 Å². The predicted molar refractivity (Wildman–Crippen MR) is 146 cm³/mol. The van der Waals surface area contributed by atoms with Crippen LogP contribution >= 0.6 is 22.9 Å². The number of thiophene rings is 1. The van der Waals surface area contributed by atoms with Crippen LogP contribution in [0.1, 0.15) is 56.5 Å². The number of halogens is 1. The molecule has 1 aliphatic rings. The zero-order chi connectivity index (χ0) is 25.4. The minimum absolute atomic E-state index is 0.273. The standard InChI is InChI=1S/C29H27ClN2O3S/c1-4-17-12-13-21-23(14-17)36-28(25(21)29(34)35-3)32-27(33)24-16(2)26(18-8-7-9-19(30)15-18)31-22-11-6-5-10-20(22)24/h5-11,15,17H,4,12-14H2,1-3H3,(H,32,33)/t17-/m0/s1. The number of aromatic nitrogens is 1. The van der Waals surface area contributed by atoms with Gasteiger partial charge in [0.25, 0.3) is 5.91 Å². The van der Waals surface area contributed by atoms with E-state index in [1.807, 2.05) is 55.5 Å². The fourth-order valence-electron chi connectivity index (χ4n) is 5.09. The second-order valence-electron chi connectivity index (χ2n) is 9.16. The maximum Gasteiger partial charge on any atom is 0.341 e. The lowest BCUT2D eigenvalue weighted by atomic mass is 9.85. The Balaban J connectivity index is 1.62. The number of carbonyl (C=O) groups is 2. The zero-order valence-corrected chi connectivity index (χ0v) is 22.1. The van der Waals surface area contributed by atoms with Crippen LogP contribution in [0.15, 0.2) is 48.5 Å². The number of hydrogen-bond donors (Lipinski definition) is 1. The lowest BCUT2D eigenvalue weighted by Gasteiger charge is -2.20. The normalized spacial score (nSPS) is 14.9. The maximum absolute atomic E-state index is 13.9. The molecule has 0 bridgehead atoms. The summed E-state index contributed by atoms with van der Waals surface area (Å²) in [7, 11) is 1.38. The number of para-hydroxylation sites is 1. The van der Waals surface area contributed by atoms with Gasteiger partial charge in [-0.25, -0.2) is 9.78 Å². The first-order valence-electron chi connectivity index (χ1n) is 12.1. The summed E-state index contributed by atoms with van der Waals surface area (Å²) in [5.41, 5.74) is 5.05. The third-order valence-electron chi connectivity index (χ3n) is 7.02. The second kappa shape index (κ2) is 10.0. The summed E-state index contributed by atoms with van der Waals surface area (Å²) >= 11 is 7.75. The lowest BCUT2D eigenvalue weighted by molar-refractivity contribution is 0.0601. The molecule has 2 aromatic heterocycles. The molecule has 4 aromatic rings. The molecule has 0 fully saturated rings. The van der Waals surface area contributed by atoms with Crippen molar-refractivity contribution in [2.75, 3.05) is 12.4 Å². The average molecular weight is 519 g/mol. The predicted octanol–water partition coefficient (Wildman–Crippen LogP) is 7.48. The first kappa shape index (κ1) is 24.5. The second-order valence-corrected chi connectivity index (χ2v) is 10.7. The SMILES string of the molecule is CC[C@H]1CCc2c(sc(NC(=O)c3c(C)c(-c4cccc(Cl)c4)nc4ccccc34)c2C(=O)OC)C1. The molecule has 0 unspecified atom stereocenters. The molecule has 1 atom stereocenters. The van der Waals surface area contributed by atoms with Gasteiger partial charge in [-0.15, -0.1) is 11.3 Å². The van der Waals surface area contributed by atoms with Crippen LogP contribution in [0.25, 0.3) is 22.2 Å². The summed E-state index contributed by atoms with van der Waals surface area (Å²) < 4.78 is 5.12. The minimum Gasteiger partial charge on any atom is -0.465 e. The Morgan fingerprint density at radius 2 is 1.97 bits per heavy atom. The number of esters is 1. The van der Waals surface area contributed by atoms with Crippen molar-refractivity contribution in [2.24, 2.45) is 5.92 Å². The van der Waals surface area contributed by atoms with Crippen LogP contribution in [0.2, 0.25) is 5.02 Å². The number of fused-ring (bicyclic) bond motifs is 2. The van der Waals surface area contributed by atoms with Gasteiger partial charge in [-0.3, -0.25) is 4.79 Å². The number of ether oxygens (including phenoxy) is 1. The molecule has 0 aliphatic heterocycles. The summed E-state index contributed by atoms with van der Waals surface area (Å²) in [5.74, 6) is -0.0873. The van der Waals surface area contributed by atoms with Crippen molar-refractivity contribution in [1.82, 2.24) is 4.98 Å². The quantitative estimate of drug-likeness (QED) is 0.278. The molecule has 0 spiro atoms. The third-order valence-corrected chi connectivity index (χ3v) is 8.43. The van der Waals surface area contributed by atoms with Crippen molar-refractivity contribution in [3.63, 3.8) is 0 Å². The van der Waals surface area contributed by atoms with Gasteiger partial charge in [-0.1, -0.05) is 55.3 Å². The van der Waals surface area contributed by atoms with E-state index >= 15 is 0 Å². The molecular formula is C29H27ClN2O3S. The van der Waals surface area contributed by atoms with E-state index in [0.29, 0.717) is 38.3 Å². The van der Waals surface area contributed by atoms with Gasteiger partial charge in [-0.05, 0) is 61.4 Å². The summed E-state index contributed by atoms with van der Waals surface area (Å²) in [6, 6.07) is 15.1. The van der Waals surface area contributed by atoms with Crippen LogP contribution in [-0.4, -0.2) is 24.0 Å². The molecule has 5 nitrogen and oxygen atoms in total. The third kappa shape index (κ3) is 4.40. The van der Waals surface area contributed by atoms with Crippen LogP contribution in [0.5, 0.6) is 0 Å². The van der Waals surface area contributed by atoms with Crippen LogP contribution in [0.4, 0.5) is 5.00 Å². The Morgan fingerprint density at radius 1 is 1.17 bits per heavy atom. The Kier molecular flexibility index (Phi) is 6.82. The zero-order valence-electron chi connectivity index (χ0n) is 20.5. The number of benzene rings is 2. The van der Waals surface area contributed by atoms with Gasteiger partial charge in [0.15, 0.2) is 0 Å². The number of anilines is 1. The molecule has 0 radical (unpaired) electrons. The Labute approximate surface area is 219 Å². The van der Waals surface area contributed by atoms with Gasteiger partial charge in [0.1, 0.15) is 5.00 Å². The largest absolute Gasteiger partial charge is 0.465 e. The monoisotopic (exact) mass is 518 g/mol. The molecule has 1 aliphatic carbocycles. The number of rotatable bonds is 5. The fourth-order valence-corrected chi connectivity index (χ4v) is 6.63. The van der Waals surface area contributed by atoms with Crippen LogP contribution in [0.3, 0.4) is 0 Å². The Bertz CT molecular complexity index is 1490. The summed E-state index contributed by atoms with van der Waals surface area (Å²) in [6.07, 6.45) is 3.88. The highest BCUT2D eigenvalue weighted by atomic mass is 35.5. The van der Waals surface area contributed by atoms with Gasteiger partial charge in [-0.2, -0.15) is 0 Å². The van der Waals surface area contributed by atoms with Crippen LogP contribution < -0.4 is 5.32 Å². The van der Waals surface area contributed by atoms with E-state index in [1.54, 1.807) is 0 Å². The highest BCUT2D eigenvalue weighted by Crippen LogP contribution is 2.41. The minimum atomic E-state index is -0.409. The molecular weight excluding hydrogens is 492 g/mol. The van der Waals surface area contributed by atoms with E-state index in [-0.39, 0.29) is 5.91 Å². The molecule has 36 heavy (non-hydrogen) atoms. The summed E-state index contributed by atoms with van der Waals surface area (Å²) in [4.78, 5) is 32.7. The number of amides is 1. The number of nitrogens with zero attached hydrogens (tertiary/aromatic N) is 1. The fraction of sp³-hybridized carbons (Fsp3) is 0.276. The summed E-state index contributed by atoms with van der Waals surface area (Å²) in [5, 5.41) is 4.99. The van der Waals surface area contributed by atoms with Crippen molar-refractivity contribution in [3.8, 4) is 11.3 Å². The number of nitrogens with one attached hydrogen (secondary N) is 1. The number of pyridine rings is 1. The van der Waals surface area contributed by atoms with E-state index in [9.17, 15) is 9.59 Å². The van der Waals surface area contributed by atoms with Gasteiger partial charge >= 0.3 is 5.97 Å². The van der Waals surface area contributed by atoms with E-state index < -0.39 is 5.97 Å². The van der Waals surface area contributed by atoms with E-state index in [4.69, 9.17) is 21.3 Å². The van der Waals surface area contributed by atoms with Crippen molar-refractivity contribution >= 4 is 50.7 Å². The van der Waals surface area contributed by atoms with Crippen LogP contribution in [0, 0.1) is 12.8 Å². The lowest BCUT2D eigenvalue weighted by Crippen LogP contribution is -2.18. The highest BCUT2D eigenvalue weighted by Gasteiger charge is 2.30. The molecule has 1 N–H and O–H groups in total. The molecule has 0 saturated carbocycles. The number of methoxy groups -OCH3 is 1. The van der Waals surface area contributed by atoms with E-state index in [1.165, 1.54) is 23.3 Å². The van der Waals surface area contributed by atoms with Crippen molar-refractivity contribution in [2.45, 2.75) is 39.5 Å². The maximum atomic E-state index is 13.9. The van der Waals surface area contributed by atoms with E-state index in [2.05, 4.69) is 12.2 Å². The Hall–Kier alpha value is -3.22. The van der Waals surface area contributed by atoms with Crippen molar-refractivity contribution in [3.05, 3.63) is 80.7 Å². The van der Waals surface area contributed by atoms with E-state index in [0.717, 1.165) is 47.8 Å². The van der Waals surface area contributed by atoms with Gasteiger partial charge < -0.3 is 10.1 Å². The molecule has 5 rings (SSSR count). The molecule has 2 aromatic carbocycles. The van der Waals surface area contributed by atoms with Crippen molar-refractivity contribution in [1.29, 1.82) is 0 Å². The number of hydrogen-bond acceptors (Lipinski definition) is 5. The highest BCUT2D eigenvalue weighted by molar-refractivity contribution is 7.17. The Morgan fingerprint density at radius 3 is 2.72 bits per heavy atom. The molecule has 7 heteroatoms. The van der Waals surface area contributed by atoms with Gasteiger partial charge in [0.2, 0.25) is 0 Å². The molecule has 2 heterocycles. The molecule has 1 amide bonds. The average Bonchev–Trinajstić information content (AvgIpc) is 3.24. The molecule has 184 valence electrons. The van der Waals surface area contributed by atoms with Crippen molar-refractivity contribution < 1.29 is 14.3 Å². The first-order chi connectivity index (χ1) is 17.4. The first-order valence-corrected chi connectivity index (χ1v) is 13.3. The summed E-state index contributed by atoms with van der Waals surface area (Å²) in [6.45, 7) is 4.10. The van der Waals surface area contributed by atoms with Gasteiger partial charge in [0.05, 0.1) is 29.4 Å². The smallest absolute Gasteiger partial charge is 0.341 e.